The van der Waals surface area contributed by atoms with Gasteiger partial charge in [0, 0.05) is 5.56 Å². The van der Waals surface area contributed by atoms with E-state index in [1.54, 1.807) is 45.1 Å². The van der Waals surface area contributed by atoms with Gasteiger partial charge in [0.2, 0.25) is 5.78 Å². The van der Waals surface area contributed by atoms with Gasteiger partial charge >= 0.3 is 5.97 Å². The molecule has 144 valence electrons. The topological polar surface area (TPSA) is 61.8 Å². The zero-order valence-corrected chi connectivity index (χ0v) is 16.1. The molecule has 5 nitrogen and oxygen atoms in total. The van der Waals surface area contributed by atoms with Gasteiger partial charge in [-0.1, -0.05) is 42.5 Å². The molecule has 0 bridgehead atoms. The predicted molar refractivity (Wildman–Crippen MR) is 106 cm³/mol. The SMILES string of the molecule is CCOC(=O)C(C)Oc1ccc2c(c1C)O/C(=C\C=C\c1ccccc1)C2=O. The number of fused-ring (bicyclic) bond motifs is 1. The Bertz CT molecular complexity index is 941. The Morgan fingerprint density at radius 3 is 2.64 bits per heavy atom. The Morgan fingerprint density at radius 2 is 1.93 bits per heavy atom. The lowest BCUT2D eigenvalue weighted by molar-refractivity contribution is -0.150. The number of rotatable bonds is 6. The van der Waals surface area contributed by atoms with E-state index in [2.05, 4.69) is 0 Å². The highest BCUT2D eigenvalue weighted by molar-refractivity contribution is 6.12. The molecule has 1 aliphatic rings. The summed E-state index contributed by atoms with van der Waals surface area (Å²) in [5.74, 6) is 0.568. The zero-order chi connectivity index (χ0) is 20.1. The number of Topliss-reactive ketones (excluding diaryl/α,β-unsaturated/α-hetero) is 1. The monoisotopic (exact) mass is 378 g/mol. The van der Waals surface area contributed by atoms with Gasteiger partial charge in [-0.15, -0.1) is 0 Å². The summed E-state index contributed by atoms with van der Waals surface area (Å²) < 4.78 is 16.4. The maximum absolute atomic E-state index is 12.6. The Hall–Kier alpha value is -3.34. The third-order valence-corrected chi connectivity index (χ3v) is 4.29. The van der Waals surface area contributed by atoms with Crippen molar-refractivity contribution in [2.45, 2.75) is 26.9 Å². The molecule has 2 aromatic carbocycles. The molecule has 0 fully saturated rings. The smallest absolute Gasteiger partial charge is 0.347 e. The summed E-state index contributed by atoms with van der Waals surface area (Å²) in [6.07, 6.45) is 4.58. The molecule has 0 radical (unpaired) electrons. The van der Waals surface area contributed by atoms with Crippen LogP contribution in [0.2, 0.25) is 0 Å². The number of carbonyl (C=O) groups is 2. The van der Waals surface area contributed by atoms with Crippen molar-refractivity contribution >= 4 is 17.8 Å². The highest BCUT2D eigenvalue weighted by atomic mass is 16.6. The third-order valence-electron chi connectivity index (χ3n) is 4.29. The second kappa shape index (κ2) is 8.57. The van der Waals surface area contributed by atoms with Crippen molar-refractivity contribution in [1.82, 2.24) is 0 Å². The van der Waals surface area contributed by atoms with E-state index in [9.17, 15) is 9.59 Å². The van der Waals surface area contributed by atoms with E-state index in [4.69, 9.17) is 14.2 Å². The summed E-state index contributed by atoms with van der Waals surface area (Å²) in [5.41, 5.74) is 2.17. The van der Waals surface area contributed by atoms with Gasteiger partial charge in [0.15, 0.2) is 11.9 Å². The molecule has 1 aliphatic heterocycles. The molecule has 3 rings (SSSR count). The van der Waals surface area contributed by atoms with E-state index >= 15 is 0 Å². The van der Waals surface area contributed by atoms with Crippen LogP contribution in [0.1, 0.15) is 35.3 Å². The summed E-state index contributed by atoms with van der Waals surface area (Å²) in [7, 11) is 0. The Balaban J connectivity index is 1.77. The average molecular weight is 378 g/mol. The van der Waals surface area contributed by atoms with Gasteiger partial charge in [-0.3, -0.25) is 4.79 Å². The number of esters is 1. The number of hydrogen-bond acceptors (Lipinski definition) is 5. The first-order chi connectivity index (χ1) is 13.5. The average Bonchev–Trinajstić information content (AvgIpc) is 3.02. The lowest BCUT2D eigenvalue weighted by Crippen LogP contribution is -2.26. The second-order valence-corrected chi connectivity index (χ2v) is 6.31. The van der Waals surface area contributed by atoms with Crippen LogP contribution in [0.15, 0.2) is 60.4 Å². The predicted octanol–water partition coefficient (Wildman–Crippen LogP) is 4.50. The van der Waals surface area contributed by atoms with Crippen molar-refractivity contribution in [3.05, 3.63) is 77.1 Å². The fourth-order valence-corrected chi connectivity index (χ4v) is 2.82. The summed E-state index contributed by atoms with van der Waals surface area (Å²) in [6, 6.07) is 13.1. The molecule has 0 aromatic heterocycles. The van der Waals surface area contributed by atoms with Crippen LogP contribution >= 0.6 is 0 Å². The molecular weight excluding hydrogens is 356 g/mol. The van der Waals surface area contributed by atoms with Crippen molar-refractivity contribution in [1.29, 1.82) is 0 Å². The molecule has 1 unspecified atom stereocenters. The van der Waals surface area contributed by atoms with Gasteiger partial charge in [0.25, 0.3) is 0 Å². The third kappa shape index (κ3) is 4.14. The van der Waals surface area contributed by atoms with E-state index in [0.29, 0.717) is 22.6 Å². The van der Waals surface area contributed by atoms with E-state index < -0.39 is 12.1 Å². The molecule has 0 spiro atoms. The van der Waals surface area contributed by atoms with Crippen LogP contribution < -0.4 is 9.47 Å². The van der Waals surface area contributed by atoms with Crippen LogP contribution in [0.25, 0.3) is 6.08 Å². The zero-order valence-electron chi connectivity index (χ0n) is 16.1. The molecule has 1 atom stereocenters. The van der Waals surface area contributed by atoms with Crippen LogP contribution in [0.3, 0.4) is 0 Å². The quantitative estimate of drug-likeness (QED) is 0.547. The maximum Gasteiger partial charge on any atom is 0.347 e. The minimum Gasteiger partial charge on any atom is -0.479 e. The molecule has 1 heterocycles. The number of ketones is 1. The van der Waals surface area contributed by atoms with Gasteiger partial charge in [-0.25, -0.2) is 4.79 Å². The minimum absolute atomic E-state index is 0.180. The molecule has 0 saturated carbocycles. The number of ether oxygens (including phenoxy) is 3. The van der Waals surface area contributed by atoms with E-state index in [1.165, 1.54) is 0 Å². The van der Waals surface area contributed by atoms with Crippen molar-refractivity contribution in [3.63, 3.8) is 0 Å². The lowest BCUT2D eigenvalue weighted by atomic mass is 10.1. The first-order valence-corrected chi connectivity index (χ1v) is 9.14. The van der Waals surface area contributed by atoms with Crippen LogP contribution in [0.5, 0.6) is 11.5 Å². The van der Waals surface area contributed by atoms with Crippen LogP contribution in [-0.2, 0) is 9.53 Å². The number of hydrogen-bond donors (Lipinski definition) is 0. The van der Waals surface area contributed by atoms with Gasteiger partial charge in [0.05, 0.1) is 12.2 Å². The van der Waals surface area contributed by atoms with Gasteiger partial charge < -0.3 is 14.2 Å². The maximum atomic E-state index is 12.6. The van der Waals surface area contributed by atoms with Crippen molar-refractivity contribution in [2.75, 3.05) is 6.61 Å². The molecule has 0 amide bonds. The highest BCUT2D eigenvalue weighted by Crippen LogP contribution is 2.39. The van der Waals surface area contributed by atoms with E-state index in [1.807, 2.05) is 36.4 Å². The lowest BCUT2D eigenvalue weighted by Gasteiger charge is -2.16. The minimum atomic E-state index is -0.752. The molecule has 28 heavy (non-hydrogen) atoms. The fraction of sp³-hybridized carbons (Fsp3) is 0.217. The Kier molecular flexibility index (Phi) is 5.94. The summed E-state index contributed by atoms with van der Waals surface area (Å²) in [4.78, 5) is 24.4. The molecule has 0 aliphatic carbocycles. The van der Waals surface area contributed by atoms with Crippen molar-refractivity contribution < 1.29 is 23.8 Å². The standard InChI is InChI=1S/C23H22O5/c1-4-26-23(25)16(3)27-19-14-13-18-21(24)20(28-22(18)15(19)2)12-8-11-17-9-6-5-7-10-17/h5-14,16H,4H2,1-3H3/b11-8+,20-12-. The Labute approximate surface area is 164 Å². The first-order valence-electron chi connectivity index (χ1n) is 9.14. The number of carbonyl (C=O) groups excluding carboxylic acids is 2. The van der Waals surface area contributed by atoms with Gasteiger partial charge in [0.1, 0.15) is 11.5 Å². The van der Waals surface area contributed by atoms with E-state index in [0.717, 1.165) is 5.56 Å². The van der Waals surface area contributed by atoms with Crippen LogP contribution in [0.4, 0.5) is 0 Å². The largest absolute Gasteiger partial charge is 0.479 e. The molecule has 0 saturated heterocycles. The molecule has 0 N–H and O–H groups in total. The Morgan fingerprint density at radius 1 is 1.18 bits per heavy atom. The van der Waals surface area contributed by atoms with Crippen molar-refractivity contribution in [2.24, 2.45) is 0 Å². The van der Waals surface area contributed by atoms with Gasteiger partial charge in [-0.05, 0) is 44.5 Å². The summed E-state index contributed by atoms with van der Waals surface area (Å²) >= 11 is 0. The van der Waals surface area contributed by atoms with E-state index in [-0.39, 0.29) is 18.1 Å². The second-order valence-electron chi connectivity index (χ2n) is 6.31. The summed E-state index contributed by atoms with van der Waals surface area (Å²) in [6.45, 7) is 5.45. The number of benzene rings is 2. The molecule has 5 heteroatoms. The molecule has 2 aromatic rings. The first kappa shape index (κ1) is 19.4. The van der Waals surface area contributed by atoms with Crippen LogP contribution in [-0.4, -0.2) is 24.5 Å². The number of allylic oxidation sites excluding steroid dienone is 3. The van der Waals surface area contributed by atoms with Crippen molar-refractivity contribution in [3.8, 4) is 11.5 Å². The normalized spacial score (nSPS) is 15.4. The fourth-order valence-electron chi connectivity index (χ4n) is 2.82. The highest BCUT2D eigenvalue weighted by Gasteiger charge is 2.30. The van der Waals surface area contributed by atoms with Gasteiger partial charge in [-0.2, -0.15) is 0 Å². The van der Waals surface area contributed by atoms with Crippen LogP contribution in [0, 0.1) is 6.92 Å². The summed E-state index contributed by atoms with van der Waals surface area (Å²) in [5, 5.41) is 0. The molecular formula is C23H22O5.